The van der Waals surface area contributed by atoms with Crippen molar-refractivity contribution in [1.82, 2.24) is 9.78 Å². The topological polar surface area (TPSA) is 72.2 Å². The van der Waals surface area contributed by atoms with Gasteiger partial charge in [-0.15, -0.1) is 0 Å². The van der Waals surface area contributed by atoms with Crippen LogP contribution in [0, 0.1) is 12.8 Å². The molecule has 0 amide bonds. The molecular weight excluding hydrogens is 280 g/mol. The van der Waals surface area contributed by atoms with Crippen LogP contribution in [0.4, 0.5) is 0 Å². The van der Waals surface area contributed by atoms with E-state index in [1.165, 1.54) is 0 Å². The van der Waals surface area contributed by atoms with Crippen LogP contribution in [0.2, 0.25) is 0 Å². The molecule has 5 nitrogen and oxygen atoms in total. The molecule has 0 saturated heterocycles. The first-order valence-corrected chi connectivity index (χ1v) is 7.06. The number of aromatic nitrogens is 2. The second-order valence-corrected chi connectivity index (χ2v) is 5.47. The second-order valence-electron chi connectivity index (χ2n) is 5.47. The van der Waals surface area contributed by atoms with E-state index in [9.17, 15) is 9.59 Å². The molecule has 1 heterocycles. The normalized spacial score (nSPS) is 17.5. The van der Waals surface area contributed by atoms with Crippen LogP contribution in [-0.2, 0) is 16.6 Å². The van der Waals surface area contributed by atoms with Gasteiger partial charge in [0.05, 0.1) is 11.4 Å². The van der Waals surface area contributed by atoms with Crippen molar-refractivity contribution in [3.05, 3.63) is 47.7 Å². The van der Waals surface area contributed by atoms with E-state index < -0.39 is 17.7 Å². The van der Waals surface area contributed by atoms with Crippen molar-refractivity contribution in [3.8, 4) is 0 Å². The summed E-state index contributed by atoms with van der Waals surface area (Å²) >= 11 is 0. The summed E-state index contributed by atoms with van der Waals surface area (Å²) < 4.78 is 1.85. The fourth-order valence-electron chi connectivity index (χ4n) is 2.70. The van der Waals surface area contributed by atoms with Gasteiger partial charge in [0.15, 0.2) is 0 Å². The molecule has 0 spiro atoms. The van der Waals surface area contributed by atoms with Crippen LogP contribution in [0.15, 0.2) is 36.4 Å². The fraction of sp³-hybridized carbons (Fsp3) is 0.235. The Balaban J connectivity index is 1.89. The Hall–Kier alpha value is -2.69. The second kappa shape index (κ2) is 5.26. The smallest absolute Gasteiger partial charge is 0.372 e. The average molecular weight is 296 g/mol. The van der Waals surface area contributed by atoms with Crippen LogP contribution >= 0.6 is 0 Å². The van der Waals surface area contributed by atoms with Crippen molar-refractivity contribution in [3.63, 3.8) is 0 Å². The number of benzene rings is 1. The Kier molecular flexibility index (Phi) is 3.41. The van der Waals surface area contributed by atoms with Gasteiger partial charge in [-0.3, -0.25) is 9.48 Å². The molecule has 5 heteroatoms. The maximum Gasteiger partial charge on any atom is 0.372 e. The van der Waals surface area contributed by atoms with Crippen LogP contribution in [-0.4, -0.2) is 26.6 Å². The third-order valence-corrected chi connectivity index (χ3v) is 4.11. The average Bonchev–Trinajstić information content (AvgIpc) is 2.81. The van der Waals surface area contributed by atoms with Crippen LogP contribution in [0.3, 0.4) is 0 Å². The summed E-state index contributed by atoms with van der Waals surface area (Å²) in [6.45, 7) is 2.02. The molecule has 1 N–H and O–H groups in total. The number of carbonyl (C=O) groups is 2. The minimum absolute atomic E-state index is 0.413. The highest BCUT2D eigenvalue weighted by Crippen LogP contribution is 2.27. The zero-order chi connectivity index (χ0) is 15.9. The van der Waals surface area contributed by atoms with Gasteiger partial charge in [-0.2, -0.15) is 5.10 Å². The number of aliphatic carboxylic acids is 1. The van der Waals surface area contributed by atoms with Gasteiger partial charge in [0.2, 0.25) is 5.78 Å². The van der Waals surface area contributed by atoms with E-state index in [4.69, 9.17) is 5.11 Å². The van der Waals surface area contributed by atoms with Crippen molar-refractivity contribution in [1.29, 1.82) is 0 Å². The molecule has 0 fully saturated rings. The lowest BCUT2D eigenvalue weighted by molar-refractivity contribution is -0.150. The number of ketones is 1. The molecule has 0 saturated carbocycles. The number of fused-ring (bicyclic) bond motifs is 1. The minimum Gasteiger partial charge on any atom is -0.475 e. The standard InChI is InChI=1S/C17H16N2O3/c1-10-14-8-7-13(9-15(14)18-19(10)2)11-3-5-12(6-4-11)16(20)17(21)22/h3-5,7-9,12H,6H2,1-2H3,(H,21,22). The molecule has 1 aliphatic rings. The Morgan fingerprint density at radius 2 is 2.14 bits per heavy atom. The molecular formula is C17H16N2O3. The highest BCUT2D eigenvalue weighted by atomic mass is 16.4. The first-order valence-electron chi connectivity index (χ1n) is 7.06. The van der Waals surface area contributed by atoms with Crippen molar-refractivity contribution in [2.24, 2.45) is 13.0 Å². The SMILES string of the molecule is Cc1c2ccc(C3=CCC(C(=O)C(=O)O)C=C3)cc2nn1C. The van der Waals surface area contributed by atoms with E-state index in [1.54, 1.807) is 6.08 Å². The molecule has 0 aliphatic heterocycles. The largest absolute Gasteiger partial charge is 0.475 e. The number of rotatable bonds is 3. The Bertz CT molecular complexity index is 843. The molecule has 3 rings (SSSR count). The molecule has 1 unspecified atom stereocenters. The number of Topliss-reactive ketones (excluding diaryl/α,β-unsaturated/α-hetero) is 1. The first-order chi connectivity index (χ1) is 10.5. The monoisotopic (exact) mass is 296 g/mol. The van der Waals surface area contributed by atoms with E-state index in [0.717, 1.165) is 27.7 Å². The van der Waals surface area contributed by atoms with Crippen LogP contribution in [0.5, 0.6) is 0 Å². The zero-order valence-electron chi connectivity index (χ0n) is 12.4. The maximum absolute atomic E-state index is 11.5. The van der Waals surface area contributed by atoms with Gasteiger partial charge in [-0.1, -0.05) is 30.4 Å². The van der Waals surface area contributed by atoms with E-state index in [-0.39, 0.29) is 0 Å². The van der Waals surface area contributed by atoms with Gasteiger partial charge in [0.1, 0.15) is 0 Å². The highest BCUT2D eigenvalue weighted by Gasteiger charge is 2.23. The first kappa shape index (κ1) is 14.3. The number of hydrogen-bond acceptors (Lipinski definition) is 3. The molecule has 112 valence electrons. The summed E-state index contributed by atoms with van der Waals surface area (Å²) in [5, 5.41) is 14.3. The Morgan fingerprint density at radius 1 is 1.36 bits per heavy atom. The number of hydrogen-bond donors (Lipinski definition) is 1. The molecule has 1 aliphatic carbocycles. The minimum atomic E-state index is -1.38. The van der Waals surface area contributed by atoms with Crippen molar-refractivity contribution >= 4 is 28.2 Å². The quantitative estimate of drug-likeness (QED) is 0.883. The molecule has 0 radical (unpaired) electrons. The van der Waals surface area contributed by atoms with Gasteiger partial charge in [-0.25, -0.2) is 4.79 Å². The Morgan fingerprint density at radius 3 is 2.77 bits per heavy atom. The van der Waals surface area contributed by atoms with E-state index in [0.29, 0.717) is 6.42 Å². The van der Waals surface area contributed by atoms with Crippen LogP contribution in [0.25, 0.3) is 16.5 Å². The summed E-state index contributed by atoms with van der Waals surface area (Å²) in [5.74, 6) is -2.71. The van der Waals surface area contributed by atoms with E-state index >= 15 is 0 Å². The van der Waals surface area contributed by atoms with Gasteiger partial charge in [-0.05, 0) is 30.5 Å². The van der Waals surface area contributed by atoms with Crippen LogP contribution in [0.1, 0.15) is 17.7 Å². The molecule has 1 aromatic carbocycles. The lowest BCUT2D eigenvalue weighted by atomic mass is 9.90. The lowest BCUT2D eigenvalue weighted by Crippen LogP contribution is -2.22. The highest BCUT2D eigenvalue weighted by molar-refractivity contribution is 6.34. The summed E-state index contributed by atoms with van der Waals surface area (Å²) in [6, 6.07) is 6.07. The molecule has 1 aromatic heterocycles. The lowest BCUT2D eigenvalue weighted by Gasteiger charge is -2.13. The van der Waals surface area contributed by atoms with E-state index in [1.807, 2.05) is 49.0 Å². The number of carboxylic acids is 1. The summed E-state index contributed by atoms with van der Waals surface area (Å²) in [7, 11) is 1.91. The third-order valence-electron chi connectivity index (χ3n) is 4.11. The Labute approximate surface area is 127 Å². The van der Waals surface area contributed by atoms with Crippen molar-refractivity contribution < 1.29 is 14.7 Å². The van der Waals surface area contributed by atoms with Gasteiger partial charge < -0.3 is 5.11 Å². The van der Waals surface area contributed by atoms with Crippen molar-refractivity contribution in [2.75, 3.05) is 0 Å². The number of carboxylic acid groups (broad SMARTS) is 1. The third kappa shape index (κ3) is 2.35. The molecule has 0 bridgehead atoms. The fourth-order valence-corrected chi connectivity index (χ4v) is 2.70. The van der Waals surface area contributed by atoms with E-state index in [2.05, 4.69) is 5.10 Å². The number of aryl methyl sites for hydroxylation is 2. The van der Waals surface area contributed by atoms with Gasteiger partial charge in [0.25, 0.3) is 0 Å². The summed E-state index contributed by atoms with van der Waals surface area (Å²) in [6.07, 6.45) is 5.80. The summed E-state index contributed by atoms with van der Waals surface area (Å²) in [4.78, 5) is 22.2. The summed E-state index contributed by atoms with van der Waals surface area (Å²) in [5.41, 5.74) is 4.04. The molecule has 22 heavy (non-hydrogen) atoms. The zero-order valence-corrected chi connectivity index (χ0v) is 12.4. The number of nitrogens with zero attached hydrogens (tertiary/aromatic N) is 2. The maximum atomic E-state index is 11.5. The molecule has 1 atom stereocenters. The number of carbonyl (C=O) groups excluding carboxylic acids is 1. The van der Waals surface area contributed by atoms with Gasteiger partial charge >= 0.3 is 5.97 Å². The number of allylic oxidation sites excluding steroid dienone is 4. The van der Waals surface area contributed by atoms with Gasteiger partial charge in [0, 0.05) is 18.1 Å². The predicted octanol–water partition coefficient (Wildman–Crippen LogP) is 2.49. The van der Waals surface area contributed by atoms with Crippen LogP contribution < -0.4 is 0 Å². The van der Waals surface area contributed by atoms with Crippen molar-refractivity contribution in [2.45, 2.75) is 13.3 Å². The molecule has 2 aromatic rings. The predicted molar refractivity (Wildman–Crippen MR) is 83.3 cm³/mol.